The van der Waals surface area contributed by atoms with E-state index in [1.54, 1.807) is 0 Å². The Bertz CT molecular complexity index is 337. The molecule has 1 fully saturated rings. The quantitative estimate of drug-likeness (QED) is 0.777. The van der Waals surface area contributed by atoms with Crippen molar-refractivity contribution in [1.29, 1.82) is 0 Å². The van der Waals surface area contributed by atoms with Gasteiger partial charge in [-0.2, -0.15) is 5.10 Å². The third-order valence-electron chi connectivity index (χ3n) is 3.37. The molecule has 0 aromatic carbocycles. The monoisotopic (exact) mass is 238 g/mol. The van der Waals surface area contributed by atoms with E-state index < -0.39 is 0 Å². The Balaban J connectivity index is 1.86. The molecule has 2 rings (SSSR count). The predicted octanol–water partition coefficient (Wildman–Crippen LogP) is -0.117. The number of aryl methyl sites for hydroxylation is 1. The van der Waals surface area contributed by atoms with Crippen molar-refractivity contribution in [2.45, 2.75) is 12.5 Å². The van der Waals surface area contributed by atoms with E-state index >= 15 is 0 Å². The summed E-state index contributed by atoms with van der Waals surface area (Å²) in [7, 11) is 3.99. The average molecular weight is 238 g/mol. The highest BCUT2D eigenvalue weighted by molar-refractivity contribution is 5.00. The zero-order valence-corrected chi connectivity index (χ0v) is 10.7. The molecule has 0 saturated carbocycles. The SMILES string of the molecule is CNCC1COCCN1CCc1ccnn1C. The summed E-state index contributed by atoms with van der Waals surface area (Å²) in [5, 5.41) is 7.43. The van der Waals surface area contributed by atoms with Crippen LogP contribution in [0.15, 0.2) is 12.3 Å². The van der Waals surface area contributed by atoms with Gasteiger partial charge in [-0.25, -0.2) is 0 Å². The van der Waals surface area contributed by atoms with Gasteiger partial charge in [0.1, 0.15) is 0 Å². The first-order valence-corrected chi connectivity index (χ1v) is 6.24. The van der Waals surface area contributed by atoms with E-state index in [0.717, 1.165) is 39.3 Å². The number of nitrogens with one attached hydrogen (secondary N) is 1. The number of hydrogen-bond acceptors (Lipinski definition) is 4. The van der Waals surface area contributed by atoms with Gasteiger partial charge in [-0.1, -0.05) is 0 Å². The summed E-state index contributed by atoms with van der Waals surface area (Å²) < 4.78 is 7.48. The highest BCUT2D eigenvalue weighted by Gasteiger charge is 2.21. The summed E-state index contributed by atoms with van der Waals surface area (Å²) in [5.74, 6) is 0. The molecule has 0 amide bonds. The standard InChI is InChI=1S/C12H22N4O/c1-13-9-12-10-17-8-7-16(12)6-4-11-3-5-14-15(11)2/h3,5,12-13H,4,6-10H2,1-2H3. The number of aromatic nitrogens is 2. The molecule has 1 aromatic rings. The van der Waals surface area contributed by atoms with E-state index in [0.29, 0.717) is 6.04 Å². The molecule has 1 unspecified atom stereocenters. The Morgan fingerprint density at radius 1 is 1.59 bits per heavy atom. The summed E-state index contributed by atoms with van der Waals surface area (Å²) in [4.78, 5) is 2.51. The van der Waals surface area contributed by atoms with Gasteiger partial charge in [-0.15, -0.1) is 0 Å². The first-order chi connectivity index (χ1) is 8.31. The number of likely N-dealkylation sites (N-methyl/N-ethyl adjacent to an activating group) is 1. The molecule has 96 valence electrons. The van der Waals surface area contributed by atoms with Crippen LogP contribution in [0.3, 0.4) is 0 Å². The molecule has 0 aliphatic carbocycles. The lowest BCUT2D eigenvalue weighted by molar-refractivity contribution is -0.00574. The van der Waals surface area contributed by atoms with Gasteiger partial charge in [-0.3, -0.25) is 9.58 Å². The Morgan fingerprint density at radius 3 is 3.18 bits per heavy atom. The van der Waals surface area contributed by atoms with E-state index in [1.165, 1.54) is 5.69 Å². The van der Waals surface area contributed by atoms with Crippen LogP contribution in [-0.4, -0.2) is 60.6 Å². The van der Waals surface area contributed by atoms with Crippen molar-refractivity contribution in [1.82, 2.24) is 20.0 Å². The molecule has 1 N–H and O–H groups in total. The number of ether oxygens (including phenoxy) is 1. The highest BCUT2D eigenvalue weighted by atomic mass is 16.5. The van der Waals surface area contributed by atoms with E-state index in [4.69, 9.17) is 4.74 Å². The van der Waals surface area contributed by atoms with Crippen LogP contribution in [-0.2, 0) is 18.2 Å². The van der Waals surface area contributed by atoms with Crippen LogP contribution in [0.2, 0.25) is 0 Å². The fraction of sp³-hybridized carbons (Fsp3) is 0.750. The number of morpholine rings is 1. The lowest BCUT2D eigenvalue weighted by atomic mass is 10.2. The van der Waals surface area contributed by atoms with E-state index in [2.05, 4.69) is 21.4 Å². The van der Waals surface area contributed by atoms with Crippen molar-refractivity contribution >= 4 is 0 Å². The first-order valence-electron chi connectivity index (χ1n) is 6.24. The summed E-state index contributed by atoms with van der Waals surface area (Å²) in [6.45, 7) is 4.79. The van der Waals surface area contributed by atoms with E-state index in [9.17, 15) is 0 Å². The molecule has 0 bridgehead atoms. The minimum atomic E-state index is 0.502. The summed E-state index contributed by atoms with van der Waals surface area (Å²) in [5.41, 5.74) is 1.29. The average Bonchev–Trinajstić information content (AvgIpc) is 2.74. The van der Waals surface area contributed by atoms with Gasteiger partial charge < -0.3 is 10.1 Å². The van der Waals surface area contributed by atoms with Gasteiger partial charge in [0.15, 0.2) is 0 Å². The second-order valence-electron chi connectivity index (χ2n) is 4.52. The van der Waals surface area contributed by atoms with Gasteiger partial charge in [-0.05, 0) is 13.1 Å². The molecule has 0 spiro atoms. The third kappa shape index (κ3) is 3.28. The van der Waals surface area contributed by atoms with Crippen molar-refractivity contribution < 1.29 is 4.74 Å². The maximum absolute atomic E-state index is 5.53. The molecule has 0 radical (unpaired) electrons. The van der Waals surface area contributed by atoms with Gasteiger partial charge in [0.05, 0.1) is 13.2 Å². The molecule has 1 atom stereocenters. The minimum Gasteiger partial charge on any atom is -0.378 e. The second kappa shape index (κ2) is 6.14. The van der Waals surface area contributed by atoms with Gasteiger partial charge in [0.25, 0.3) is 0 Å². The van der Waals surface area contributed by atoms with Crippen LogP contribution >= 0.6 is 0 Å². The van der Waals surface area contributed by atoms with Crippen LogP contribution in [0.4, 0.5) is 0 Å². The Labute approximate surface area is 103 Å². The fourth-order valence-corrected chi connectivity index (χ4v) is 2.31. The Kier molecular flexibility index (Phi) is 4.53. The topological polar surface area (TPSA) is 42.3 Å². The predicted molar refractivity (Wildman–Crippen MR) is 67.0 cm³/mol. The minimum absolute atomic E-state index is 0.502. The lowest BCUT2D eigenvalue weighted by Crippen LogP contribution is -2.50. The molecule has 2 heterocycles. The van der Waals surface area contributed by atoms with Crippen molar-refractivity contribution in [2.24, 2.45) is 7.05 Å². The Morgan fingerprint density at radius 2 is 2.47 bits per heavy atom. The first kappa shape index (κ1) is 12.5. The molecule has 5 nitrogen and oxygen atoms in total. The maximum Gasteiger partial charge on any atom is 0.0634 e. The van der Waals surface area contributed by atoms with Crippen molar-refractivity contribution in [2.75, 3.05) is 39.9 Å². The van der Waals surface area contributed by atoms with Crippen LogP contribution in [0.5, 0.6) is 0 Å². The molecule has 5 heteroatoms. The normalized spacial score (nSPS) is 21.9. The zero-order valence-electron chi connectivity index (χ0n) is 10.7. The lowest BCUT2D eigenvalue weighted by Gasteiger charge is -2.35. The highest BCUT2D eigenvalue weighted by Crippen LogP contribution is 2.08. The molecule has 1 aliphatic rings. The van der Waals surface area contributed by atoms with E-state index in [-0.39, 0.29) is 0 Å². The number of nitrogens with zero attached hydrogens (tertiary/aromatic N) is 3. The third-order valence-corrected chi connectivity index (χ3v) is 3.37. The van der Waals surface area contributed by atoms with Crippen LogP contribution in [0.1, 0.15) is 5.69 Å². The van der Waals surface area contributed by atoms with E-state index in [1.807, 2.05) is 25.0 Å². The summed E-state index contributed by atoms with van der Waals surface area (Å²) in [6.07, 6.45) is 2.91. The van der Waals surface area contributed by atoms with Gasteiger partial charge in [0, 0.05) is 51.0 Å². The molecule has 17 heavy (non-hydrogen) atoms. The van der Waals surface area contributed by atoms with Gasteiger partial charge >= 0.3 is 0 Å². The number of rotatable bonds is 5. The van der Waals surface area contributed by atoms with Crippen LogP contribution in [0, 0.1) is 0 Å². The molecule has 1 aromatic heterocycles. The Hall–Kier alpha value is -0.910. The largest absolute Gasteiger partial charge is 0.378 e. The van der Waals surface area contributed by atoms with Crippen molar-refractivity contribution in [3.05, 3.63) is 18.0 Å². The number of hydrogen-bond donors (Lipinski definition) is 1. The van der Waals surface area contributed by atoms with Crippen molar-refractivity contribution in [3.8, 4) is 0 Å². The molecule has 1 saturated heterocycles. The zero-order chi connectivity index (χ0) is 12.1. The maximum atomic E-state index is 5.53. The van der Waals surface area contributed by atoms with Crippen molar-refractivity contribution in [3.63, 3.8) is 0 Å². The fourth-order valence-electron chi connectivity index (χ4n) is 2.31. The summed E-state index contributed by atoms with van der Waals surface area (Å²) in [6, 6.07) is 2.59. The van der Waals surface area contributed by atoms with Crippen LogP contribution < -0.4 is 5.32 Å². The smallest absolute Gasteiger partial charge is 0.0634 e. The summed E-state index contributed by atoms with van der Waals surface area (Å²) >= 11 is 0. The van der Waals surface area contributed by atoms with Gasteiger partial charge in [0.2, 0.25) is 0 Å². The molecular weight excluding hydrogens is 216 g/mol. The second-order valence-corrected chi connectivity index (χ2v) is 4.52. The molecule has 1 aliphatic heterocycles. The molecular formula is C12H22N4O. The van der Waals surface area contributed by atoms with Crippen LogP contribution in [0.25, 0.3) is 0 Å².